The molecule has 0 saturated carbocycles. The lowest BCUT2D eigenvalue weighted by Gasteiger charge is -2.00. The van der Waals surface area contributed by atoms with Crippen LogP contribution in [0, 0.1) is 6.92 Å². The van der Waals surface area contributed by atoms with Gasteiger partial charge in [0.05, 0.1) is 6.04 Å². The maximum absolute atomic E-state index is 5.91. The Kier molecular flexibility index (Phi) is 3.26. The number of hydrogen-bond donors (Lipinski definition) is 1. The molecule has 0 radical (unpaired) electrons. The summed E-state index contributed by atoms with van der Waals surface area (Å²) >= 11 is 1.55. The molecule has 2 aromatic heterocycles. The van der Waals surface area contributed by atoms with Crippen LogP contribution in [0.4, 0.5) is 0 Å². The van der Waals surface area contributed by atoms with Gasteiger partial charge in [0.25, 0.3) is 0 Å². The Hall–Kier alpha value is -1.33. The Morgan fingerprint density at radius 1 is 1.44 bits per heavy atom. The van der Waals surface area contributed by atoms with E-state index in [1.807, 2.05) is 26.0 Å². The SMILES string of the molecule is CCC(N)c1nnc(-c2ccnc(C)c2)s1. The van der Waals surface area contributed by atoms with Crippen LogP contribution >= 0.6 is 11.3 Å². The van der Waals surface area contributed by atoms with E-state index in [0.29, 0.717) is 0 Å². The third-order valence-corrected chi connectivity index (χ3v) is 3.45. The number of rotatable bonds is 3. The summed E-state index contributed by atoms with van der Waals surface area (Å²) in [5.74, 6) is 0. The molecule has 0 spiro atoms. The minimum atomic E-state index is -0.00539. The Balaban J connectivity index is 2.31. The van der Waals surface area contributed by atoms with Crippen molar-refractivity contribution < 1.29 is 0 Å². The van der Waals surface area contributed by atoms with Crippen molar-refractivity contribution in [1.29, 1.82) is 0 Å². The van der Waals surface area contributed by atoms with Crippen molar-refractivity contribution >= 4 is 11.3 Å². The summed E-state index contributed by atoms with van der Waals surface area (Å²) in [5.41, 5.74) is 7.95. The third kappa shape index (κ3) is 2.25. The van der Waals surface area contributed by atoms with E-state index in [2.05, 4.69) is 15.2 Å². The van der Waals surface area contributed by atoms with Gasteiger partial charge in [-0.25, -0.2) is 0 Å². The van der Waals surface area contributed by atoms with Crippen LogP contribution in [0.25, 0.3) is 10.6 Å². The van der Waals surface area contributed by atoms with Crippen LogP contribution in [-0.4, -0.2) is 15.2 Å². The van der Waals surface area contributed by atoms with E-state index in [9.17, 15) is 0 Å². The van der Waals surface area contributed by atoms with Crippen LogP contribution in [0.3, 0.4) is 0 Å². The van der Waals surface area contributed by atoms with Gasteiger partial charge in [0.1, 0.15) is 10.0 Å². The maximum Gasteiger partial charge on any atom is 0.147 e. The summed E-state index contributed by atoms with van der Waals surface area (Å²) in [7, 11) is 0. The van der Waals surface area contributed by atoms with Crippen LogP contribution < -0.4 is 5.73 Å². The molecular weight excluding hydrogens is 220 g/mol. The van der Waals surface area contributed by atoms with Crippen molar-refractivity contribution in [2.45, 2.75) is 26.3 Å². The summed E-state index contributed by atoms with van der Waals surface area (Å²) < 4.78 is 0. The van der Waals surface area contributed by atoms with Crippen molar-refractivity contribution in [2.75, 3.05) is 0 Å². The number of hydrogen-bond acceptors (Lipinski definition) is 5. The summed E-state index contributed by atoms with van der Waals surface area (Å²) in [6.07, 6.45) is 2.66. The minimum absolute atomic E-state index is 0.00539. The molecule has 0 bridgehead atoms. The van der Waals surface area contributed by atoms with Gasteiger partial charge in [-0.3, -0.25) is 4.98 Å². The van der Waals surface area contributed by atoms with Crippen molar-refractivity contribution in [1.82, 2.24) is 15.2 Å². The second kappa shape index (κ2) is 4.67. The molecule has 2 rings (SSSR count). The minimum Gasteiger partial charge on any atom is -0.322 e. The normalized spacial score (nSPS) is 12.7. The second-order valence-corrected chi connectivity index (χ2v) is 4.66. The van der Waals surface area contributed by atoms with E-state index in [0.717, 1.165) is 27.7 Å². The highest BCUT2D eigenvalue weighted by Crippen LogP contribution is 2.26. The monoisotopic (exact) mass is 234 g/mol. The lowest BCUT2D eigenvalue weighted by atomic mass is 10.2. The first-order valence-electron chi connectivity index (χ1n) is 5.22. The second-order valence-electron chi connectivity index (χ2n) is 3.65. The number of pyridine rings is 1. The van der Waals surface area contributed by atoms with E-state index in [1.165, 1.54) is 0 Å². The molecule has 0 amide bonds. The first-order chi connectivity index (χ1) is 7.70. The quantitative estimate of drug-likeness (QED) is 0.885. The summed E-state index contributed by atoms with van der Waals surface area (Å²) in [6, 6.07) is 3.94. The van der Waals surface area contributed by atoms with Crippen molar-refractivity contribution in [3.63, 3.8) is 0 Å². The molecule has 16 heavy (non-hydrogen) atoms. The Bertz CT molecular complexity index is 480. The van der Waals surface area contributed by atoms with Gasteiger partial charge in [0, 0.05) is 17.5 Å². The van der Waals surface area contributed by atoms with E-state index in [1.54, 1.807) is 17.5 Å². The Morgan fingerprint density at radius 3 is 2.94 bits per heavy atom. The maximum atomic E-state index is 5.91. The van der Waals surface area contributed by atoms with E-state index >= 15 is 0 Å². The van der Waals surface area contributed by atoms with Crippen LogP contribution in [0.15, 0.2) is 18.3 Å². The smallest absolute Gasteiger partial charge is 0.147 e. The molecule has 0 aliphatic heterocycles. The van der Waals surface area contributed by atoms with E-state index in [4.69, 9.17) is 5.73 Å². The van der Waals surface area contributed by atoms with Gasteiger partial charge in [0.2, 0.25) is 0 Å². The predicted octanol–water partition coefficient (Wildman–Crippen LogP) is 2.32. The molecule has 0 saturated heterocycles. The molecule has 2 heterocycles. The van der Waals surface area contributed by atoms with Crippen molar-refractivity contribution in [3.05, 3.63) is 29.0 Å². The van der Waals surface area contributed by atoms with Gasteiger partial charge in [0.15, 0.2) is 0 Å². The number of aromatic nitrogens is 3. The molecule has 1 unspecified atom stereocenters. The first-order valence-corrected chi connectivity index (χ1v) is 6.04. The molecule has 2 aromatic rings. The van der Waals surface area contributed by atoms with E-state index in [-0.39, 0.29) is 6.04 Å². The molecule has 0 aliphatic carbocycles. The summed E-state index contributed by atoms with van der Waals surface area (Å²) in [4.78, 5) is 4.16. The molecular formula is C11H14N4S. The highest BCUT2D eigenvalue weighted by molar-refractivity contribution is 7.14. The molecule has 4 nitrogen and oxygen atoms in total. The fourth-order valence-corrected chi connectivity index (χ4v) is 2.28. The zero-order valence-electron chi connectivity index (χ0n) is 9.34. The summed E-state index contributed by atoms with van der Waals surface area (Å²) in [6.45, 7) is 4.01. The van der Waals surface area contributed by atoms with Crippen molar-refractivity contribution in [2.24, 2.45) is 5.73 Å². The van der Waals surface area contributed by atoms with Crippen LogP contribution in [0.2, 0.25) is 0 Å². The fourth-order valence-electron chi connectivity index (χ4n) is 1.35. The number of nitrogens with zero attached hydrogens (tertiary/aromatic N) is 3. The zero-order valence-corrected chi connectivity index (χ0v) is 10.2. The topological polar surface area (TPSA) is 64.7 Å². The zero-order chi connectivity index (χ0) is 11.5. The molecule has 84 valence electrons. The Morgan fingerprint density at radius 2 is 2.25 bits per heavy atom. The molecule has 0 aromatic carbocycles. The van der Waals surface area contributed by atoms with Gasteiger partial charge < -0.3 is 5.73 Å². The van der Waals surface area contributed by atoms with Crippen LogP contribution in [0.1, 0.15) is 30.1 Å². The van der Waals surface area contributed by atoms with Gasteiger partial charge in [-0.2, -0.15) is 0 Å². The van der Waals surface area contributed by atoms with Crippen molar-refractivity contribution in [3.8, 4) is 10.6 Å². The Labute approximate surface area is 98.6 Å². The fraction of sp³-hybridized carbons (Fsp3) is 0.364. The molecule has 1 atom stereocenters. The predicted molar refractivity (Wildman–Crippen MR) is 65.1 cm³/mol. The number of nitrogens with two attached hydrogens (primary N) is 1. The van der Waals surface area contributed by atoms with Gasteiger partial charge in [-0.15, -0.1) is 10.2 Å². The molecule has 5 heteroatoms. The first kappa shape index (κ1) is 11.2. The average Bonchev–Trinajstić information content (AvgIpc) is 2.77. The van der Waals surface area contributed by atoms with Gasteiger partial charge in [-0.1, -0.05) is 18.3 Å². The largest absolute Gasteiger partial charge is 0.322 e. The highest BCUT2D eigenvalue weighted by atomic mass is 32.1. The standard InChI is InChI=1S/C11H14N4S/c1-3-9(12)11-15-14-10(16-11)8-4-5-13-7(2)6-8/h4-6,9H,3,12H2,1-2H3. The van der Waals surface area contributed by atoms with Gasteiger partial charge in [-0.05, 0) is 25.5 Å². The highest BCUT2D eigenvalue weighted by Gasteiger charge is 2.11. The summed E-state index contributed by atoms with van der Waals surface area (Å²) in [5, 5.41) is 10.1. The average molecular weight is 234 g/mol. The lowest BCUT2D eigenvalue weighted by Crippen LogP contribution is -2.07. The third-order valence-electron chi connectivity index (χ3n) is 2.34. The molecule has 0 aliphatic rings. The van der Waals surface area contributed by atoms with Gasteiger partial charge >= 0.3 is 0 Å². The molecule has 2 N–H and O–H groups in total. The lowest BCUT2D eigenvalue weighted by molar-refractivity contribution is 0.683. The van der Waals surface area contributed by atoms with E-state index < -0.39 is 0 Å². The van der Waals surface area contributed by atoms with Crippen LogP contribution in [-0.2, 0) is 0 Å². The van der Waals surface area contributed by atoms with Crippen LogP contribution in [0.5, 0.6) is 0 Å². The molecule has 0 fully saturated rings. The number of aryl methyl sites for hydroxylation is 1.